The van der Waals surface area contributed by atoms with Crippen molar-refractivity contribution in [2.45, 2.75) is 47.0 Å². The number of ketones is 1. The number of aliphatic imine (C=N–C) groups is 1. The van der Waals surface area contributed by atoms with Crippen LogP contribution in [0.2, 0.25) is 5.02 Å². The van der Waals surface area contributed by atoms with Crippen LogP contribution in [0.4, 0.5) is 10.7 Å². The highest BCUT2D eigenvalue weighted by Crippen LogP contribution is 2.45. The number of hydrogen-bond donors (Lipinski definition) is 1. The van der Waals surface area contributed by atoms with E-state index in [1.54, 1.807) is 60.9 Å². The van der Waals surface area contributed by atoms with Crippen molar-refractivity contribution in [3.63, 3.8) is 0 Å². The molecule has 0 spiro atoms. The second-order valence-corrected chi connectivity index (χ2v) is 12.6. The smallest absolute Gasteiger partial charge is 0.259 e. The number of nitrogens with zero attached hydrogens (tertiary/aromatic N) is 1. The van der Waals surface area contributed by atoms with E-state index in [4.69, 9.17) is 21.0 Å². The zero-order valence-electron chi connectivity index (χ0n) is 22.5. The van der Waals surface area contributed by atoms with E-state index in [0.717, 1.165) is 30.4 Å². The monoisotopic (exact) mass is 558 g/mol. The number of nitrogens with one attached hydrogen (secondary N) is 1. The number of halogens is 1. The first-order valence-corrected chi connectivity index (χ1v) is 14.2. The van der Waals surface area contributed by atoms with Crippen LogP contribution in [0.1, 0.15) is 71.0 Å². The third-order valence-corrected chi connectivity index (χ3v) is 8.73. The van der Waals surface area contributed by atoms with Gasteiger partial charge in [0.1, 0.15) is 16.5 Å². The third kappa shape index (κ3) is 6.07. The van der Waals surface area contributed by atoms with Crippen LogP contribution in [0.15, 0.2) is 70.1 Å². The molecule has 4 aromatic rings. The number of carbonyl (C=O) groups excluding carboxylic acids is 2. The summed E-state index contributed by atoms with van der Waals surface area (Å²) in [6.45, 7) is 8.40. The van der Waals surface area contributed by atoms with Gasteiger partial charge in [0.2, 0.25) is 0 Å². The maximum Gasteiger partial charge on any atom is 0.259 e. The van der Waals surface area contributed by atoms with Crippen molar-refractivity contribution in [2.75, 3.05) is 5.32 Å². The predicted molar refractivity (Wildman–Crippen MR) is 160 cm³/mol. The number of rotatable bonds is 6. The number of hydrogen-bond acceptors (Lipinski definition) is 5. The molecule has 7 heteroatoms. The molecule has 5 rings (SSSR count). The fourth-order valence-electron chi connectivity index (χ4n) is 4.93. The Morgan fingerprint density at radius 3 is 2.44 bits per heavy atom. The zero-order chi connectivity index (χ0) is 27.7. The van der Waals surface area contributed by atoms with Crippen molar-refractivity contribution in [3.8, 4) is 11.3 Å². The van der Waals surface area contributed by atoms with E-state index in [9.17, 15) is 9.59 Å². The minimum absolute atomic E-state index is 0.0252. The first kappa shape index (κ1) is 27.1. The van der Waals surface area contributed by atoms with Gasteiger partial charge in [0.25, 0.3) is 5.91 Å². The highest BCUT2D eigenvalue weighted by molar-refractivity contribution is 7.16. The molecular formula is C32H31ClN2O3S. The number of amides is 1. The molecule has 0 saturated carbocycles. The molecule has 1 N–H and O–H groups in total. The Hall–Kier alpha value is -3.48. The van der Waals surface area contributed by atoms with Crippen LogP contribution in [0.3, 0.4) is 0 Å². The van der Waals surface area contributed by atoms with Crippen molar-refractivity contribution in [3.05, 3.63) is 93.0 Å². The molecule has 0 aliphatic heterocycles. The molecule has 1 atom stereocenters. The van der Waals surface area contributed by atoms with E-state index in [0.29, 0.717) is 44.3 Å². The van der Waals surface area contributed by atoms with E-state index < -0.39 is 0 Å². The molecule has 0 saturated heterocycles. The summed E-state index contributed by atoms with van der Waals surface area (Å²) in [5.74, 6) is 1.68. The molecule has 2 aromatic heterocycles. The number of Topliss-reactive ketones (excluding diaryl/α,β-unsaturated/α-hetero) is 1. The van der Waals surface area contributed by atoms with Crippen LogP contribution in [-0.2, 0) is 12.8 Å². The summed E-state index contributed by atoms with van der Waals surface area (Å²) in [7, 11) is 0. The van der Waals surface area contributed by atoms with Crippen molar-refractivity contribution in [1.29, 1.82) is 0 Å². The van der Waals surface area contributed by atoms with Crippen molar-refractivity contribution < 1.29 is 14.0 Å². The average molecular weight is 559 g/mol. The van der Waals surface area contributed by atoms with E-state index in [1.165, 1.54) is 4.88 Å². The van der Waals surface area contributed by atoms with Crippen molar-refractivity contribution >= 4 is 51.5 Å². The maximum absolute atomic E-state index is 13.5. The first-order chi connectivity index (χ1) is 18.6. The van der Waals surface area contributed by atoms with Gasteiger partial charge in [0.05, 0.1) is 11.8 Å². The molecule has 0 fully saturated rings. The van der Waals surface area contributed by atoms with Crippen molar-refractivity contribution in [1.82, 2.24) is 0 Å². The molecule has 200 valence electrons. The minimum Gasteiger partial charge on any atom is -0.455 e. The molecule has 1 aliphatic rings. The SMILES string of the molecule is CC(=O)c1ccc(-c2ccc(C=Nc3sc4c(c3C(=O)Nc3ccc(Cl)cc3)CC[C@@H](C(C)(C)C)C4)o2)cc1. The summed E-state index contributed by atoms with van der Waals surface area (Å²) in [5, 5.41) is 4.33. The van der Waals surface area contributed by atoms with Gasteiger partial charge in [0, 0.05) is 26.7 Å². The van der Waals surface area contributed by atoms with Gasteiger partial charge in [-0.1, -0.05) is 56.6 Å². The lowest BCUT2D eigenvalue weighted by atomic mass is 9.72. The summed E-state index contributed by atoms with van der Waals surface area (Å²) in [6, 6.07) is 18.2. The Kier molecular flexibility index (Phi) is 7.61. The van der Waals surface area contributed by atoms with Crippen LogP contribution < -0.4 is 5.32 Å². The minimum atomic E-state index is -0.165. The van der Waals surface area contributed by atoms with Crippen LogP contribution in [-0.4, -0.2) is 17.9 Å². The first-order valence-electron chi connectivity index (χ1n) is 13.0. The van der Waals surface area contributed by atoms with E-state index in [2.05, 4.69) is 26.1 Å². The number of thiophene rings is 1. The summed E-state index contributed by atoms with van der Waals surface area (Å²) in [6.07, 6.45) is 4.52. The molecule has 1 aliphatic carbocycles. The quantitative estimate of drug-likeness (QED) is 0.189. The Balaban J connectivity index is 1.44. The second-order valence-electron chi connectivity index (χ2n) is 11.0. The standard InChI is InChI=1S/C32H31ClN2O3S/c1-19(36)20-5-7-21(8-6-20)27-16-14-25(38-27)18-34-31-29(30(37)35-24-12-10-23(33)11-13-24)26-15-9-22(32(2,3)4)17-28(26)39-31/h5-8,10-14,16,18,22H,9,15,17H2,1-4H3,(H,35,37)/t22-/m1/s1. The lowest BCUT2D eigenvalue weighted by molar-refractivity contribution is 0.101. The average Bonchev–Trinajstić information content (AvgIpc) is 3.52. The van der Waals surface area contributed by atoms with Gasteiger partial charge in [-0.25, -0.2) is 4.99 Å². The molecule has 0 unspecified atom stereocenters. The van der Waals surface area contributed by atoms with E-state index in [1.807, 2.05) is 24.3 Å². The number of anilines is 1. The highest BCUT2D eigenvalue weighted by atomic mass is 35.5. The Labute approximate surface area is 237 Å². The summed E-state index contributed by atoms with van der Waals surface area (Å²) in [4.78, 5) is 31.1. The van der Waals surface area contributed by atoms with Gasteiger partial charge in [-0.05, 0) is 79.5 Å². The fraction of sp³-hybridized carbons (Fsp3) is 0.281. The second kappa shape index (κ2) is 10.9. The van der Waals surface area contributed by atoms with Gasteiger partial charge < -0.3 is 9.73 Å². The van der Waals surface area contributed by atoms with Crippen molar-refractivity contribution in [2.24, 2.45) is 16.3 Å². The van der Waals surface area contributed by atoms with Crippen LogP contribution in [0.5, 0.6) is 0 Å². The molecule has 2 aromatic carbocycles. The summed E-state index contributed by atoms with van der Waals surface area (Å²) >= 11 is 7.62. The van der Waals surface area contributed by atoms with Gasteiger partial charge in [-0.2, -0.15) is 0 Å². The normalized spacial score (nSPS) is 15.4. The highest BCUT2D eigenvalue weighted by Gasteiger charge is 2.33. The van der Waals surface area contributed by atoms with Crippen LogP contribution in [0.25, 0.3) is 11.3 Å². The molecule has 0 bridgehead atoms. The number of carbonyl (C=O) groups is 2. The van der Waals surface area contributed by atoms with E-state index in [-0.39, 0.29) is 17.1 Å². The largest absolute Gasteiger partial charge is 0.455 e. The van der Waals surface area contributed by atoms with Crippen LogP contribution in [0, 0.1) is 11.3 Å². The molecule has 5 nitrogen and oxygen atoms in total. The topological polar surface area (TPSA) is 71.7 Å². The third-order valence-electron chi connectivity index (χ3n) is 7.31. The Morgan fingerprint density at radius 1 is 1.05 bits per heavy atom. The van der Waals surface area contributed by atoms with Gasteiger partial charge in [-0.3, -0.25) is 9.59 Å². The lowest BCUT2D eigenvalue weighted by Crippen LogP contribution is -2.27. The summed E-state index contributed by atoms with van der Waals surface area (Å²) < 4.78 is 6.02. The maximum atomic E-state index is 13.5. The Morgan fingerprint density at radius 2 is 1.77 bits per heavy atom. The lowest BCUT2D eigenvalue weighted by Gasteiger charge is -2.33. The van der Waals surface area contributed by atoms with Gasteiger partial charge in [-0.15, -0.1) is 11.3 Å². The fourth-order valence-corrected chi connectivity index (χ4v) is 6.33. The zero-order valence-corrected chi connectivity index (χ0v) is 24.1. The van der Waals surface area contributed by atoms with Gasteiger partial charge >= 0.3 is 0 Å². The molecule has 2 heterocycles. The van der Waals surface area contributed by atoms with Crippen LogP contribution >= 0.6 is 22.9 Å². The number of fused-ring (bicyclic) bond motifs is 1. The predicted octanol–water partition coefficient (Wildman–Crippen LogP) is 9.02. The molecule has 1 amide bonds. The summed E-state index contributed by atoms with van der Waals surface area (Å²) in [5.41, 5.74) is 4.16. The number of benzene rings is 2. The van der Waals surface area contributed by atoms with Gasteiger partial charge in [0.15, 0.2) is 5.78 Å². The molecular weight excluding hydrogens is 528 g/mol. The molecule has 39 heavy (non-hydrogen) atoms. The number of furan rings is 1. The Bertz CT molecular complexity index is 1540. The molecule has 0 radical (unpaired) electrons. The van der Waals surface area contributed by atoms with E-state index >= 15 is 0 Å².